The third-order valence-electron chi connectivity index (χ3n) is 8.77. The molecule has 5 atom stereocenters. The number of ether oxygens (including phenoxy) is 4. The van der Waals surface area contributed by atoms with Crippen molar-refractivity contribution in [1.29, 1.82) is 0 Å². The summed E-state index contributed by atoms with van der Waals surface area (Å²) in [4.78, 5) is 46.5. The smallest absolute Gasteiger partial charge is 0.408 e. The number of allylic oxidation sites excluding steroid dienone is 1. The number of hydrogen-bond acceptors (Lipinski definition) is 8. The molecular formula is C33H43N3O7. The normalized spacial score (nSPS) is 27.6. The van der Waals surface area contributed by atoms with Crippen LogP contribution in [0.2, 0.25) is 0 Å². The van der Waals surface area contributed by atoms with E-state index in [1.54, 1.807) is 7.11 Å². The first kappa shape index (κ1) is 30.6. The molecule has 10 nitrogen and oxygen atoms in total. The first-order chi connectivity index (χ1) is 20.6. The lowest BCUT2D eigenvalue weighted by atomic mass is 9.85. The van der Waals surface area contributed by atoms with Gasteiger partial charge in [0.05, 0.1) is 26.3 Å². The Labute approximate surface area is 253 Å². The van der Waals surface area contributed by atoms with Crippen LogP contribution in [-0.2, 0) is 19.1 Å². The summed E-state index contributed by atoms with van der Waals surface area (Å²) in [6, 6.07) is 5.84. The Morgan fingerprint density at radius 3 is 2.60 bits per heavy atom. The number of benzene rings is 1. The summed E-state index contributed by atoms with van der Waals surface area (Å²) in [6.45, 7) is 5.78. The van der Waals surface area contributed by atoms with Crippen LogP contribution < -0.4 is 14.8 Å². The van der Waals surface area contributed by atoms with Gasteiger partial charge in [-0.25, -0.2) is 14.6 Å². The topological polar surface area (TPSA) is 116 Å². The van der Waals surface area contributed by atoms with Gasteiger partial charge in [-0.15, -0.1) is 0 Å². The van der Waals surface area contributed by atoms with Crippen LogP contribution in [0.4, 0.5) is 4.79 Å². The van der Waals surface area contributed by atoms with E-state index in [0.717, 1.165) is 49.4 Å². The molecule has 2 aliphatic heterocycles. The number of hydrogen-bond donors (Lipinski definition) is 1. The Morgan fingerprint density at radius 1 is 1.07 bits per heavy atom. The zero-order valence-corrected chi connectivity index (χ0v) is 25.8. The first-order valence-corrected chi connectivity index (χ1v) is 15.2. The monoisotopic (exact) mass is 593 g/mol. The predicted molar refractivity (Wildman–Crippen MR) is 162 cm³/mol. The van der Waals surface area contributed by atoms with Gasteiger partial charge in [0, 0.05) is 11.8 Å². The maximum absolute atomic E-state index is 14.1. The number of fused-ring (bicyclic) bond motifs is 5. The molecule has 10 heteroatoms. The second kappa shape index (κ2) is 12.8. The number of rotatable bonds is 2. The molecule has 1 saturated heterocycles. The van der Waals surface area contributed by atoms with E-state index in [2.05, 4.69) is 11.4 Å². The second-order valence-corrected chi connectivity index (χ2v) is 12.8. The maximum atomic E-state index is 14.1. The van der Waals surface area contributed by atoms with Crippen LogP contribution in [0.5, 0.6) is 11.5 Å². The van der Waals surface area contributed by atoms with Crippen molar-refractivity contribution < 1.29 is 33.3 Å². The first-order valence-electron chi connectivity index (χ1n) is 15.2. The fourth-order valence-electron chi connectivity index (χ4n) is 6.44. The standard InChI is InChI=1S/C33H43N3O7/c1-33(2,3)29-30(37)36-19-23(18-26(36)31(38)41-5)42-28-17-21-16-22(40-4)14-15-24(21)34-25(28)12-8-6-7-10-20-11-9-13-27(20)43-32(39)35-29/h8,12,14-17,20,23,26-27,29H,6-7,9-11,13,18-19H2,1-5H3,(H,35,39)/b12-8+/t20-,23-,26+,27-,29-/m1/s1. The highest BCUT2D eigenvalue weighted by Gasteiger charge is 2.46. The molecule has 0 spiro atoms. The third-order valence-corrected chi connectivity index (χ3v) is 8.77. The van der Waals surface area contributed by atoms with Crippen molar-refractivity contribution >= 4 is 34.9 Å². The summed E-state index contributed by atoms with van der Waals surface area (Å²) in [6.07, 6.45) is 8.58. The molecule has 43 heavy (non-hydrogen) atoms. The van der Waals surface area contributed by atoms with Crippen molar-refractivity contribution in [3.63, 3.8) is 0 Å². The number of aromatic nitrogens is 1. The molecule has 232 valence electrons. The lowest BCUT2D eigenvalue weighted by Crippen LogP contribution is -2.57. The number of nitrogens with one attached hydrogen (secondary N) is 1. The molecule has 1 N–H and O–H groups in total. The number of esters is 1. The largest absolute Gasteiger partial charge is 0.497 e. The Bertz CT molecular complexity index is 1380. The van der Waals surface area contributed by atoms with Gasteiger partial charge >= 0.3 is 12.1 Å². The molecule has 2 amide bonds. The van der Waals surface area contributed by atoms with Crippen LogP contribution in [0, 0.1) is 11.3 Å². The summed E-state index contributed by atoms with van der Waals surface area (Å²) < 4.78 is 22.9. The fraction of sp³-hybridized carbons (Fsp3) is 0.576. The van der Waals surface area contributed by atoms with E-state index in [0.29, 0.717) is 17.2 Å². The van der Waals surface area contributed by atoms with Crippen LogP contribution in [0.1, 0.15) is 71.4 Å². The second-order valence-electron chi connectivity index (χ2n) is 12.8. The van der Waals surface area contributed by atoms with Gasteiger partial charge in [-0.1, -0.05) is 26.8 Å². The summed E-state index contributed by atoms with van der Waals surface area (Å²) in [5, 5.41) is 3.71. The predicted octanol–water partition coefficient (Wildman–Crippen LogP) is 5.27. The molecule has 2 fully saturated rings. The SMILES string of the molecule is COC(=O)[C@@H]1C[C@@H]2CN1C(=O)[C@H](C(C)(C)C)NC(=O)O[C@@H]1CCC[C@H]1CCC/C=C/c1nc3ccc(OC)cc3cc1O2. The number of amides is 2. The van der Waals surface area contributed by atoms with Gasteiger partial charge in [-0.2, -0.15) is 0 Å². The van der Waals surface area contributed by atoms with Crippen molar-refractivity contribution in [1.82, 2.24) is 15.2 Å². The van der Waals surface area contributed by atoms with E-state index in [4.69, 9.17) is 23.9 Å². The summed E-state index contributed by atoms with van der Waals surface area (Å²) in [7, 11) is 2.92. The maximum Gasteiger partial charge on any atom is 0.408 e. The fourth-order valence-corrected chi connectivity index (χ4v) is 6.44. The van der Waals surface area contributed by atoms with Crippen LogP contribution >= 0.6 is 0 Å². The van der Waals surface area contributed by atoms with Crippen LogP contribution in [0.3, 0.4) is 0 Å². The van der Waals surface area contributed by atoms with Gasteiger partial charge in [0.2, 0.25) is 5.91 Å². The van der Waals surface area contributed by atoms with Crippen molar-refractivity contribution in [2.75, 3.05) is 20.8 Å². The van der Waals surface area contributed by atoms with Gasteiger partial charge in [0.1, 0.15) is 41.5 Å². The Morgan fingerprint density at radius 2 is 1.86 bits per heavy atom. The summed E-state index contributed by atoms with van der Waals surface area (Å²) in [5.74, 6) is 0.633. The number of carbonyl (C=O) groups excluding carboxylic acids is 3. The van der Waals surface area contributed by atoms with E-state index in [9.17, 15) is 14.4 Å². The number of nitrogens with zero attached hydrogens (tertiary/aromatic N) is 2. The zero-order chi connectivity index (χ0) is 30.7. The Balaban J connectivity index is 1.53. The Hall–Kier alpha value is -3.82. The van der Waals surface area contributed by atoms with E-state index < -0.39 is 35.7 Å². The average molecular weight is 594 g/mol. The van der Waals surface area contributed by atoms with Crippen LogP contribution in [0.25, 0.3) is 17.0 Å². The Kier molecular flexibility index (Phi) is 9.13. The zero-order valence-electron chi connectivity index (χ0n) is 25.8. The van der Waals surface area contributed by atoms with E-state index >= 15 is 0 Å². The van der Waals surface area contributed by atoms with Crippen molar-refractivity contribution in [3.05, 3.63) is 36.0 Å². The van der Waals surface area contributed by atoms with Gasteiger partial charge in [-0.3, -0.25) is 4.79 Å². The number of carbonyl (C=O) groups is 3. The highest BCUT2D eigenvalue weighted by Crippen LogP contribution is 2.35. The van der Waals surface area contributed by atoms with Gasteiger partial charge in [-0.05, 0) is 80.2 Å². The molecule has 1 aliphatic carbocycles. The molecule has 0 unspecified atom stereocenters. The molecule has 1 aromatic carbocycles. The quantitative estimate of drug-likeness (QED) is 0.468. The minimum Gasteiger partial charge on any atom is -0.497 e. The molecular weight excluding hydrogens is 550 g/mol. The summed E-state index contributed by atoms with van der Waals surface area (Å²) >= 11 is 0. The van der Waals surface area contributed by atoms with Gasteiger partial charge < -0.3 is 29.2 Å². The van der Waals surface area contributed by atoms with E-state index in [1.165, 1.54) is 12.0 Å². The van der Waals surface area contributed by atoms with Gasteiger partial charge in [0.15, 0.2) is 0 Å². The molecule has 1 aromatic heterocycles. The van der Waals surface area contributed by atoms with Crippen LogP contribution in [-0.4, -0.2) is 72.9 Å². The molecule has 5 rings (SSSR count). The van der Waals surface area contributed by atoms with E-state index in [-0.39, 0.29) is 30.9 Å². The molecule has 3 aliphatic rings. The molecule has 2 aromatic rings. The van der Waals surface area contributed by atoms with Crippen molar-refractivity contribution in [2.24, 2.45) is 11.3 Å². The summed E-state index contributed by atoms with van der Waals surface area (Å²) in [5.41, 5.74) is 0.839. The van der Waals surface area contributed by atoms with Crippen molar-refractivity contribution in [2.45, 2.75) is 90.0 Å². The number of methoxy groups -OCH3 is 2. The molecule has 0 radical (unpaired) electrons. The lowest BCUT2D eigenvalue weighted by Gasteiger charge is -2.35. The molecule has 2 bridgehead atoms. The van der Waals surface area contributed by atoms with Crippen LogP contribution in [0.15, 0.2) is 30.3 Å². The minimum absolute atomic E-state index is 0.145. The average Bonchev–Trinajstić information content (AvgIpc) is 3.60. The van der Waals surface area contributed by atoms with Crippen molar-refractivity contribution in [3.8, 4) is 11.5 Å². The van der Waals surface area contributed by atoms with Gasteiger partial charge in [0.25, 0.3) is 0 Å². The molecule has 1 saturated carbocycles. The third kappa shape index (κ3) is 6.89. The highest BCUT2D eigenvalue weighted by atomic mass is 16.6. The number of pyridine rings is 1. The minimum atomic E-state index is -0.919. The highest BCUT2D eigenvalue weighted by molar-refractivity contribution is 5.91. The lowest BCUT2D eigenvalue weighted by molar-refractivity contribution is -0.152. The molecule has 3 heterocycles. The number of alkyl carbamates (subject to hydrolysis) is 1. The van der Waals surface area contributed by atoms with E-state index in [1.807, 2.05) is 51.1 Å².